The number of rotatable bonds is 3. The first kappa shape index (κ1) is 12.3. The van der Waals surface area contributed by atoms with E-state index in [0.29, 0.717) is 11.6 Å². The molecule has 5 nitrogen and oxygen atoms in total. The van der Waals surface area contributed by atoms with E-state index >= 15 is 0 Å². The lowest BCUT2D eigenvalue weighted by Gasteiger charge is -2.06. The van der Waals surface area contributed by atoms with E-state index in [1.54, 1.807) is 12.1 Å². The quantitative estimate of drug-likeness (QED) is 0.881. The third-order valence-electron chi connectivity index (χ3n) is 2.28. The van der Waals surface area contributed by atoms with Gasteiger partial charge in [0.25, 0.3) is 5.91 Å². The lowest BCUT2D eigenvalue weighted by molar-refractivity contribution is 0.0946. The van der Waals surface area contributed by atoms with Crippen LogP contribution in [0.2, 0.25) is 5.02 Å². The van der Waals surface area contributed by atoms with Crippen LogP contribution in [0.25, 0.3) is 0 Å². The fourth-order valence-electron chi connectivity index (χ4n) is 1.44. The van der Waals surface area contributed by atoms with E-state index in [1.165, 1.54) is 12.4 Å². The molecule has 0 bridgehead atoms. The van der Waals surface area contributed by atoms with Crippen molar-refractivity contribution in [2.75, 3.05) is 5.73 Å². The van der Waals surface area contributed by atoms with E-state index in [9.17, 15) is 4.79 Å². The number of nitrogens with zero attached hydrogens (tertiary/aromatic N) is 2. The zero-order valence-corrected chi connectivity index (χ0v) is 10.2. The topological polar surface area (TPSA) is 80.9 Å². The van der Waals surface area contributed by atoms with E-state index in [2.05, 4.69) is 15.3 Å². The third-order valence-corrected chi connectivity index (χ3v) is 2.52. The summed E-state index contributed by atoms with van der Waals surface area (Å²) in [6.45, 7) is 0.357. The van der Waals surface area contributed by atoms with E-state index in [-0.39, 0.29) is 17.4 Å². The fourth-order valence-corrected chi connectivity index (χ4v) is 1.65. The number of hydrogen-bond donors (Lipinski definition) is 2. The van der Waals surface area contributed by atoms with E-state index in [1.807, 2.05) is 12.1 Å². The van der Waals surface area contributed by atoms with Crippen LogP contribution < -0.4 is 11.1 Å². The predicted molar refractivity (Wildman–Crippen MR) is 69.1 cm³/mol. The minimum atomic E-state index is -0.361. The lowest BCUT2D eigenvalue weighted by atomic mass is 10.2. The van der Waals surface area contributed by atoms with Crippen molar-refractivity contribution in [1.82, 2.24) is 15.3 Å². The Hall–Kier alpha value is -2.14. The summed E-state index contributed by atoms with van der Waals surface area (Å²) in [7, 11) is 0. The lowest BCUT2D eigenvalue weighted by Crippen LogP contribution is -2.25. The molecule has 0 saturated carbocycles. The molecule has 0 saturated heterocycles. The number of anilines is 1. The van der Waals surface area contributed by atoms with Crippen LogP contribution in [-0.4, -0.2) is 15.9 Å². The highest BCUT2D eigenvalue weighted by molar-refractivity contribution is 6.30. The summed E-state index contributed by atoms with van der Waals surface area (Å²) in [5.41, 5.74) is 6.58. The Morgan fingerprint density at radius 3 is 2.83 bits per heavy atom. The van der Waals surface area contributed by atoms with Crippen LogP contribution in [-0.2, 0) is 6.54 Å². The molecular weight excluding hydrogens is 252 g/mol. The van der Waals surface area contributed by atoms with Crippen molar-refractivity contribution >= 4 is 23.3 Å². The largest absolute Gasteiger partial charge is 0.382 e. The van der Waals surface area contributed by atoms with Crippen LogP contribution in [0.4, 0.5) is 5.82 Å². The molecule has 6 heteroatoms. The molecular formula is C12H11ClN4O. The molecule has 2 aromatic rings. The molecule has 0 spiro atoms. The van der Waals surface area contributed by atoms with E-state index < -0.39 is 0 Å². The minimum absolute atomic E-state index is 0.112. The Morgan fingerprint density at radius 1 is 1.33 bits per heavy atom. The van der Waals surface area contributed by atoms with Gasteiger partial charge in [-0.3, -0.25) is 4.79 Å². The van der Waals surface area contributed by atoms with Crippen molar-refractivity contribution in [3.05, 3.63) is 52.9 Å². The van der Waals surface area contributed by atoms with Gasteiger partial charge < -0.3 is 11.1 Å². The number of aromatic nitrogens is 2. The van der Waals surface area contributed by atoms with Gasteiger partial charge in [0.05, 0.1) is 0 Å². The molecule has 3 N–H and O–H groups in total. The molecule has 0 fully saturated rings. The summed E-state index contributed by atoms with van der Waals surface area (Å²) in [5, 5.41) is 3.33. The summed E-state index contributed by atoms with van der Waals surface area (Å²) in [6, 6.07) is 7.24. The second kappa shape index (κ2) is 5.46. The molecule has 1 heterocycles. The molecule has 0 unspecified atom stereocenters. The van der Waals surface area contributed by atoms with Gasteiger partial charge in [0.15, 0.2) is 11.5 Å². The first-order valence-electron chi connectivity index (χ1n) is 5.26. The van der Waals surface area contributed by atoms with Gasteiger partial charge >= 0.3 is 0 Å². The molecule has 18 heavy (non-hydrogen) atoms. The molecule has 1 aromatic heterocycles. The predicted octanol–water partition coefficient (Wildman–Crippen LogP) is 1.64. The SMILES string of the molecule is Nc1nccnc1C(=O)NCc1cccc(Cl)c1. The third kappa shape index (κ3) is 2.95. The maximum absolute atomic E-state index is 11.8. The van der Waals surface area contributed by atoms with E-state index in [4.69, 9.17) is 17.3 Å². The smallest absolute Gasteiger partial charge is 0.273 e. The van der Waals surface area contributed by atoms with Crippen LogP contribution in [0.1, 0.15) is 16.1 Å². The van der Waals surface area contributed by atoms with Crippen LogP contribution >= 0.6 is 11.6 Å². The number of benzene rings is 1. The highest BCUT2D eigenvalue weighted by Crippen LogP contribution is 2.10. The number of carbonyl (C=O) groups is 1. The van der Waals surface area contributed by atoms with Crippen molar-refractivity contribution in [3.63, 3.8) is 0 Å². The van der Waals surface area contributed by atoms with Crippen molar-refractivity contribution in [2.45, 2.75) is 6.54 Å². The second-order valence-electron chi connectivity index (χ2n) is 3.60. The van der Waals surface area contributed by atoms with Crippen LogP contribution in [0.5, 0.6) is 0 Å². The Labute approximate surface area is 109 Å². The normalized spacial score (nSPS) is 10.1. The fraction of sp³-hybridized carbons (Fsp3) is 0.0833. The highest BCUT2D eigenvalue weighted by Gasteiger charge is 2.11. The zero-order chi connectivity index (χ0) is 13.0. The number of hydrogen-bond acceptors (Lipinski definition) is 4. The van der Waals surface area contributed by atoms with Gasteiger partial charge in [-0.1, -0.05) is 23.7 Å². The number of nitrogens with two attached hydrogens (primary N) is 1. The number of nitrogens with one attached hydrogen (secondary N) is 1. The monoisotopic (exact) mass is 262 g/mol. The van der Waals surface area contributed by atoms with Gasteiger partial charge in [-0.05, 0) is 17.7 Å². The van der Waals surface area contributed by atoms with Crippen LogP contribution in [0.15, 0.2) is 36.7 Å². The van der Waals surface area contributed by atoms with Crippen molar-refractivity contribution in [1.29, 1.82) is 0 Å². The Balaban J connectivity index is 2.03. The molecule has 0 aliphatic rings. The van der Waals surface area contributed by atoms with E-state index in [0.717, 1.165) is 5.56 Å². The minimum Gasteiger partial charge on any atom is -0.382 e. The van der Waals surface area contributed by atoms with Gasteiger partial charge in [-0.15, -0.1) is 0 Å². The molecule has 2 rings (SSSR count). The average Bonchev–Trinajstić information content (AvgIpc) is 2.37. The standard InChI is InChI=1S/C12H11ClN4O/c13-9-3-1-2-8(6-9)7-17-12(18)10-11(14)16-5-4-15-10/h1-6H,7H2,(H2,14,16)(H,17,18). The zero-order valence-electron chi connectivity index (χ0n) is 9.43. The van der Waals surface area contributed by atoms with Crippen molar-refractivity contribution in [2.24, 2.45) is 0 Å². The van der Waals surface area contributed by atoms with Crippen LogP contribution in [0, 0.1) is 0 Å². The number of carbonyl (C=O) groups excluding carboxylic acids is 1. The summed E-state index contributed by atoms with van der Waals surface area (Å²) in [6.07, 6.45) is 2.85. The Morgan fingerprint density at radius 2 is 2.11 bits per heavy atom. The van der Waals surface area contributed by atoms with Gasteiger partial charge in [-0.25, -0.2) is 9.97 Å². The summed E-state index contributed by atoms with van der Waals surface area (Å²) < 4.78 is 0. The van der Waals surface area contributed by atoms with Gasteiger partial charge in [-0.2, -0.15) is 0 Å². The van der Waals surface area contributed by atoms with Crippen molar-refractivity contribution < 1.29 is 4.79 Å². The first-order valence-corrected chi connectivity index (χ1v) is 5.64. The average molecular weight is 263 g/mol. The van der Waals surface area contributed by atoms with Gasteiger partial charge in [0.1, 0.15) is 0 Å². The first-order chi connectivity index (χ1) is 8.66. The molecule has 1 amide bonds. The summed E-state index contributed by atoms with van der Waals surface area (Å²) >= 11 is 5.85. The van der Waals surface area contributed by atoms with Crippen molar-refractivity contribution in [3.8, 4) is 0 Å². The van der Waals surface area contributed by atoms with Gasteiger partial charge in [0, 0.05) is 24.0 Å². The highest BCUT2D eigenvalue weighted by atomic mass is 35.5. The van der Waals surface area contributed by atoms with Crippen LogP contribution in [0.3, 0.4) is 0 Å². The maximum atomic E-state index is 11.8. The maximum Gasteiger partial charge on any atom is 0.273 e. The molecule has 92 valence electrons. The second-order valence-corrected chi connectivity index (χ2v) is 4.04. The molecule has 1 aromatic carbocycles. The number of halogens is 1. The molecule has 0 aliphatic carbocycles. The molecule has 0 radical (unpaired) electrons. The molecule has 0 aliphatic heterocycles. The number of amides is 1. The van der Waals surface area contributed by atoms with Gasteiger partial charge in [0.2, 0.25) is 0 Å². The number of nitrogen functional groups attached to an aromatic ring is 1. The Bertz CT molecular complexity index is 574. The summed E-state index contributed by atoms with van der Waals surface area (Å²) in [5.74, 6) is -0.248. The Kier molecular flexibility index (Phi) is 3.74. The molecule has 0 atom stereocenters. The summed E-state index contributed by atoms with van der Waals surface area (Å²) in [4.78, 5) is 19.5.